The standard InChI is InChI=1S/C20H20N6O/c1-24(15-5-4-6-16(13-15)25-9-11-27-12-10-25)19-17-7-2-3-8-18(17)26-14-21-23-20(26)22-19/h2-8,13-14H,9-12H2,1H3. The molecule has 7 nitrogen and oxygen atoms in total. The Labute approximate surface area is 156 Å². The summed E-state index contributed by atoms with van der Waals surface area (Å²) in [6, 6.07) is 16.7. The molecule has 0 N–H and O–H groups in total. The largest absolute Gasteiger partial charge is 0.378 e. The molecular formula is C20H20N6O. The van der Waals surface area contributed by atoms with Crippen LogP contribution in [0.1, 0.15) is 0 Å². The number of fused-ring (bicyclic) bond motifs is 3. The molecule has 2 aromatic carbocycles. The molecule has 4 aromatic rings. The number of nitrogens with zero attached hydrogens (tertiary/aromatic N) is 6. The van der Waals surface area contributed by atoms with Crippen molar-refractivity contribution in [1.29, 1.82) is 0 Å². The Balaban J connectivity index is 1.60. The molecule has 7 heteroatoms. The van der Waals surface area contributed by atoms with Crippen LogP contribution in [0.25, 0.3) is 16.7 Å². The second-order valence-corrected chi connectivity index (χ2v) is 6.63. The summed E-state index contributed by atoms with van der Waals surface area (Å²) in [5, 5.41) is 9.22. The van der Waals surface area contributed by atoms with Crippen molar-refractivity contribution in [2.45, 2.75) is 0 Å². The van der Waals surface area contributed by atoms with Crippen molar-refractivity contribution in [2.75, 3.05) is 43.2 Å². The summed E-state index contributed by atoms with van der Waals surface area (Å²) in [6.07, 6.45) is 1.70. The van der Waals surface area contributed by atoms with Crippen LogP contribution in [0, 0.1) is 0 Å². The monoisotopic (exact) mass is 360 g/mol. The number of hydrogen-bond donors (Lipinski definition) is 0. The molecule has 0 atom stereocenters. The zero-order chi connectivity index (χ0) is 18.2. The summed E-state index contributed by atoms with van der Waals surface area (Å²) in [7, 11) is 2.04. The van der Waals surface area contributed by atoms with Gasteiger partial charge in [-0.05, 0) is 30.3 Å². The van der Waals surface area contributed by atoms with Crippen molar-refractivity contribution in [3.05, 3.63) is 54.9 Å². The molecule has 3 heterocycles. The first kappa shape index (κ1) is 16.0. The Kier molecular flexibility index (Phi) is 3.86. The fourth-order valence-corrected chi connectivity index (χ4v) is 3.60. The SMILES string of the molecule is CN(c1cccc(N2CCOCC2)c1)c1nc2nncn2c2ccccc12. The van der Waals surface area contributed by atoms with Crippen LogP contribution in [-0.4, -0.2) is 52.9 Å². The molecule has 0 aliphatic carbocycles. The molecule has 0 spiro atoms. The average molecular weight is 360 g/mol. The molecule has 1 aliphatic heterocycles. The van der Waals surface area contributed by atoms with Gasteiger partial charge in [-0.25, -0.2) is 0 Å². The highest BCUT2D eigenvalue weighted by atomic mass is 16.5. The Bertz CT molecular complexity index is 1100. The van der Waals surface area contributed by atoms with E-state index in [-0.39, 0.29) is 0 Å². The molecule has 0 saturated carbocycles. The summed E-state index contributed by atoms with van der Waals surface area (Å²) in [4.78, 5) is 9.23. The predicted molar refractivity (Wildman–Crippen MR) is 106 cm³/mol. The molecule has 2 aromatic heterocycles. The van der Waals surface area contributed by atoms with Crippen LogP contribution >= 0.6 is 0 Å². The van der Waals surface area contributed by atoms with E-state index in [0.717, 1.165) is 48.7 Å². The number of rotatable bonds is 3. The number of morpholine rings is 1. The lowest BCUT2D eigenvalue weighted by atomic mass is 10.2. The maximum absolute atomic E-state index is 5.47. The molecule has 1 saturated heterocycles. The second-order valence-electron chi connectivity index (χ2n) is 6.63. The summed E-state index contributed by atoms with van der Waals surface area (Å²) in [6.45, 7) is 3.38. The summed E-state index contributed by atoms with van der Waals surface area (Å²) < 4.78 is 7.39. The van der Waals surface area contributed by atoms with Gasteiger partial charge < -0.3 is 14.5 Å². The number of benzene rings is 2. The lowest BCUT2D eigenvalue weighted by Gasteiger charge is -2.30. The Hall–Kier alpha value is -3.19. The summed E-state index contributed by atoms with van der Waals surface area (Å²) in [5.41, 5.74) is 3.33. The number of ether oxygens (including phenoxy) is 1. The Morgan fingerprint density at radius 2 is 1.89 bits per heavy atom. The van der Waals surface area contributed by atoms with Crippen molar-refractivity contribution in [3.8, 4) is 0 Å². The van der Waals surface area contributed by atoms with Gasteiger partial charge in [-0.2, -0.15) is 4.98 Å². The van der Waals surface area contributed by atoms with Crippen LogP contribution in [0.4, 0.5) is 17.2 Å². The van der Waals surface area contributed by atoms with Gasteiger partial charge in [0.15, 0.2) is 0 Å². The quantitative estimate of drug-likeness (QED) is 0.560. The van der Waals surface area contributed by atoms with E-state index in [1.807, 2.05) is 23.6 Å². The van der Waals surface area contributed by atoms with Gasteiger partial charge in [-0.15, -0.1) is 10.2 Å². The molecular weight excluding hydrogens is 340 g/mol. The van der Waals surface area contributed by atoms with Crippen LogP contribution in [0.2, 0.25) is 0 Å². The molecule has 0 radical (unpaired) electrons. The van der Waals surface area contributed by atoms with E-state index in [9.17, 15) is 0 Å². The molecule has 0 bridgehead atoms. The van der Waals surface area contributed by atoms with Gasteiger partial charge in [0.05, 0.1) is 18.7 Å². The molecule has 1 fully saturated rings. The molecule has 136 valence electrons. The van der Waals surface area contributed by atoms with Crippen LogP contribution in [-0.2, 0) is 4.74 Å². The van der Waals surface area contributed by atoms with Crippen LogP contribution in [0.15, 0.2) is 54.9 Å². The fraction of sp³-hybridized carbons (Fsp3) is 0.250. The van der Waals surface area contributed by atoms with Crippen molar-refractivity contribution in [3.63, 3.8) is 0 Å². The second kappa shape index (κ2) is 6.51. The van der Waals surface area contributed by atoms with Gasteiger partial charge in [0, 0.05) is 36.9 Å². The predicted octanol–water partition coefficient (Wildman–Crippen LogP) is 2.88. The lowest BCUT2D eigenvalue weighted by molar-refractivity contribution is 0.122. The normalized spacial score (nSPS) is 14.8. The number of anilines is 3. The molecule has 0 unspecified atom stereocenters. The molecule has 5 rings (SSSR count). The number of hydrogen-bond acceptors (Lipinski definition) is 6. The first-order chi connectivity index (χ1) is 13.3. The molecule has 0 amide bonds. The zero-order valence-corrected chi connectivity index (χ0v) is 15.1. The third-order valence-electron chi connectivity index (χ3n) is 5.05. The van der Waals surface area contributed by atoms with Gasteiger partial charge in [0.1, 0.15) is 12.1 Å². The third kappa shape index (κ3) is 2.76. The third-order valence-corrected chi connectivity index (χ3v) is 5.05. The number of para-hydroxylation sites is 1. The van der Waals surface area contributed by atoms with Gasteiger partial charge in [0.25, 0.3) is 5.78 Å². The minimum Gasteiger partial charge on any atom is -0.378 e. The van der Waals surface area contributed by atoms with Gasteiger partial charge in [-0.3, -0.25) is 4.40 Å². The molecule has 27 heavy (non-hydrogen) atoms. The van der Waals surface area contributed by atoms with Gasteiger partial charge >= 0.3 is 0 Å². The smallest absolute Gasteiger partial charge is 0.257 e. The Morgan fingerprint density at radius 3 is 2.78 bits per heavy atom. The van der Waals surface area contributed by atoms with Crippen LogP contribution < -0.4 is 9.80 Å². The fourth-order valence-electron chi connectivity index (χ4n) is 3.60. The first-order valence-electron chi connectivity index (χ1n) is 9.06. The van der Waals surface area contributed by atoms with Gasteiger partial charge in [-0.1, -0.05) is 18.2 Å². The lowest BCUT2D eigenvalue weighted by Crippen LogP contribution is -2.36. The van der Waals surface area contributed by atoms with E-state index in [0.29, 0.717) is 5.78 Å². The van der Waals surface area contributed by atoms with E-state index >= 15 is 0 Å². The van der Waals surface area contributed by atoms with E-state index < -0.39 is 0 Å². The van der Waals surface area contributed by atoms with Crippen molar-refractivity contribution in [1.82, 2.24) is 19.6 Å². The highest BCUT2D eigenvalue weighted by molar-refractivity contribution is 5.93. The summed E-state index contributed by atoms with van der Waals surface area (Å²) in [5.74, 6) is 1.46. The van der Waals surface area contributed by atoms with Crippen LogP contribution in [0.3, 0.4) is 0 Å². The highest BCUT2D eigenvalue weighted by Gasteiger charge is 2.16. The minimum absolute atomic E-state index is 0.597. The van der Waals surface area contributed by atoms with E-state index in [2.05, 4.69) is 56.4 Å². The van der Waals surface area contributed by atoms with E-state index in [1.54, 1.807) is 6.33 Å². The Morgan fingerprint density at radius 1 is 1.04 bits per heavy atom. The summed E-state index contributed by atoms with van der Waals surface area (Å²) >= 11 is 0. The van der Waals surface area contributed by atoms with Crippen molar-refractivity contribution in [2.24, 2.45) is 0 Å². The van der Waals surface area contributed by atoms with E-state index in [1.165, 1.54) is 5.69 Å². The maximum Gasteiger partial charge on any atom is 0.257 e. The topological polar surface area (TPSA) is 58.8 Å². The minimum atomic E-state index is 0.597. The zero-order valence-electron chi connectivity index (χ0n) is 15.1. The number of aromatic nitrogens is 4. The van der Waals surface area contributed by atoms with E-state index in [4.69, 9.17) is 9.72 Å². The maximum atomic E-state index is 5.47. The van der Waals surface area contributed by atoms with Gasteiger partial charge in [0.2, 0.25) is 0 Å². The average Bonchev–Trinajstić information content (AvgIpc) is 3.22. The van der Waals surface area contributed by atoms with Crippen molar-refractivity contribution < 1.29 is 4.74 Å². The first-order valence-corrected chi connectivity index (χ1v) is 9.06. The van der Waals surface area contributed by atoms with Crippen LogP contribution in [0.5, 0.6) is 0 Å². The van der Waals surface area contributed by atoms with Crippen molar-refractivity contribution >= 4 is 33.9 Å². The molecule has 1 aliphatic rings. The highest BCUT2D eigenvalue weighted by Crippen LogP contribution is 2.31.